The molecule has 1 aromatic carbocycles. The second-order valence-corrected chi connectivity index (χ2v) is 6.25. The Labute approximate surface area is 129 Å². The maximum absolute atomic E-state index is 12.1. The van der Waals surface area contributed by atoms with E-state index in [0.29, 0.717) is 18.3 Å². The summed E-state index contributed by atoms with van der Waals surface area (Å²) in [5.74, 6) is -0.0267. The molecule has 0 saturated heterocycles. The number of rotatable bonds is 6. The van der Waals surface area contributed by atoms with Crippen molar-refractivity contribution in [2.75, 3.05) is 24.6 Å². The summed E-state index contributed by atoms with van der Waals surface area (Å²) >= 11 is 1.75. The summed E-state index contributed by atoms with van der Waals surface area (Å²) in [6, 6.07) is 11.7. The van der Waals surface area contributed by atoms with Gasteiger partial charge in [0.1, 0.15) is 0 Å². The number of amides is 1. The molecule has 112 valence electrons. The summed E-state index contributed by atoms with van der Waals surface area (Å²) in [6.45, 7) is 2.49. The molecular weight excluding hydrogens is 282 g/mol. The standard InChI is InChI=1S/C16H21N3OS/c1-12(9-15-7-4-8-21-15)19(2)11-16(20)18-14-6-3-5-13(17)10-14/h3-8,10,12H,9,11,17H2,1-2H3,(H,18,20). The van der Waals surface area contributed by atoms with Gasteiger partial charge in [-0.15, -0.1) is 11.3 Å². The molecule has 0 radical (unpaired) electrons. The van der Waals surface area contributed by atoms with Crippen molar-refractivity contribution >= 4 is 28.6 Å². The van der Waals surface area contributed by atoms with E-state index < -0.39 is 0 Å². The average molecular weight is 303 g/mol. The predicted octanol–water partition coefficient (Wildman–Crippen LogP) is 2.83. The number of carbonyl (C=O) groups excluding carboxylic acids is 1. The van der Waals surface area contributed by atoms with Gasteiger partial charge in [0.25, 0.3) is 0 Å². The number of anilines is 2. The molecule has 0 aliphatic carbocycles. The Bertz CT molecular complexity index is 583. The van der Waals surface area contributed by atoms with Crippen molar-refractivity contribution in [3.05, 3.63) is 46.7 Å². The number of hydrogen-bond acceptors (Lipinski definition) is 4. The molecule has 1 amide bonds. The first-order valence-electron chi connectivity index (χ1n) is 6.92. The number of carbonyl (C=O) groups is 1. The summed E-state index contributed by atoms with van der Waals surface area (Å²) < 4.78 is 0. The Morgan fingerprint density at radius 3 is 2.86 bits per heavy atom. The third-order valence-corrected chi connectivity index (χ3v) is 4.29. The van der Waals surface area contributed by atoms with E-state index in [4.69, 9.17) is 5.73 Å². The van der Waals surface area contributed by atoms with Crippen LogP contribution < -0.4 is 11.1 Å². The third kappa shape index (κ3) is 4.88. The van der Waals surface area contributed by atoms with Crippen LogP contribution in [0.5, 0.6) is 0 Å². The summed E-state index contributed by atoms with van der Waals surface area (Å²) in [5, 5.41) is 4.95. The van der Waals surface area contributed by atoms with Gasteiger partial charge in [0.2, 0.25) is 5.91 Å². The van der Waals surface area contributed by atoms with E-state index in [1.54, 1.807) is 23.5 Å². The lowest BCUT2D eigenvalue weighted by Crippen LogP contribution is -2.37. The lowest BCUT2D eigenvalue weighted by atomic mass is 10.2. The Balaban J connectivity index is 1.84. The highest BCUT2D eigenvalue weighted by Crippen LogP contribution is 2.14. The van der Waals surface area contributed by atoms with Crippen LogP contribution in [0.15, 0.2) is 41.8 Å². The Hall–Kier alpha value is -1.85. The zero-order valence-corrected chi connectivity index (χ0v) is 13.2. The molecule has 1 heterocycles. The van der Waals surface area contributed by atoms with Gasteiger partial charge in [0, 0.05) is 22.3 Å². The minimum absolute atomic E-state index is 0.0267. The molecule has 0 bridgehead atoms. The van der Waals surface area contributed by atoms with Crippen LogP contribution in [0.4, 0.5) is 11.4 Å². The normalized spacial score (nSPS) is 12.3. The zero-order valence-electron chi connectivity index (χ0n) is 12.4. The van der Waals surface area contributed by atoms with E-state index in [1.165, 1.54) is 4.88 Å². The molecule has 2 aromatic rings. The number of nitrogens with one attached hydrogen (secondary N) is 1. The van der Waals surface area contributed by atoms with Crippen molar-refractivity contribution in [1.29, 1.82) is 0 Å². The number of nitrogens with two attached hydrogens (primary N) is 1. The number of nitrogen functional groups attached to an aromatic ring is 1. The monoisotopic (exact) mass is 303 g/mol. The smallest absolute Gasteiger partial charge is 0.238 e. The first kappa shape index (κ1) is 15.5. The number of hydrogen-bond donors (Lipinski definition) is 2. The molecule has 4 nitrogen and oxygen atoms in total. The quantitative estimate of drug-likeness (QED) is 0.807. The van der Waals surface area contributed by atoms with Crippen molar-refractivity contribution in [3.63, 3.8) is 0 Å². The lowest BCUT2D eigenvalue weighted by molar-refractivity contribution is -0.117. The molecule has 0 aliphatic rings. The van der Waals surface area contributed by atoms with Crippen molar-refractivity contribution in [3.8, 4) is 0 Å². The largest absolute Gasteiger partial charge is 0.399 e. The number of thiophene rings is 1. The van der Waals surface area contributed by atoms with Crippen LogP contribution in [0.3, 0.4) is 0 Å². The van der Waals surface area contributed by atoms with Crippen LogP contribution in [0.2, 0.25) is 0 Å². The molecule has 0 aliphatic heterocycles. The minimum atomic E-state index is -0.0267. The van der Waals surface area contributed by atoms with Gasteiger partial charge in [-0.2, -0.15) is 0 Å². The molecule has 5 heteroatoms. The molecule has 21 heavy (non-hydrogen) atoms. The fraction of sp³-hybridized carbons (Fsp3) is 0.312. The van der Waals surface area contributed by atoms with Crippen LogP contribution in [0.1, 0.15) is 11.8 Å². The van der Waals surface area contributed by atoms with E-state index in [2.05, 4.69) is 34.7 Å². The zero-order chi connectivity index (χ0) is 15.2. The van der Waals surface area contributed by atoms with Gasteiger partial charge in [-0.3, -0.25) is 9.69 Å². The highest BCUT2D eigenvalue weighted by Gasteiger charge is 2.14. The van der Waals surface area contributed by atoms with Gasteiger partial charge in [-0.1, -0.05) is 12.1 Å². The van der Waals surface area contributed by atoms with Gasteiger partial charge >= 0.3 is 0 Å². The fourth-order valence-corrected chi connectivity index (χ4v) is 2.90. The molecule has 0 saturated carbocycles. The number of nitrogens with zero attached hydrogens (tertiary/aromatic N) is 1. The van der Waals surface area contributed by atoms with E-state index in [-0.39, 0.29) is 5.91 Å². The van der Waals surface area contributed by atoms with Crippen LogP contribution >= 0.6 is 11.3 Å². The van der Waals surface area contributed by atoms with Crippen molar-refractivity contribution in [2.45, 2.75) is 19.4 Å². The van der Waals surface area contributed by atoms with Crippen LogP contribution in [0.25, 0.3) is 0 Å². The van der Waals surface area contributed by atoms with Gasteiger partial charge < -0.3 is 11.1 Å². The van der Waals surface area contributed by atoms with Crippen LogP contribution in [-0.2, 0) is 11.2 Å². The first-order valence-corrected chi connectivity index (χ1v) is 7.80. The molecule has 0 spiro atoms. The van der Waals surface area contributed by atoms with Gasteiger partial charge in [0.15, 0.2) is 0 Å². The average Bonchev–Trinajstić information content (AvgIpc) is 2.91. The van der Waals surface area contributed by atoms with E-state index in [0.717, 1.165) is 12.1 Å². The number of benzene rings is 1. The minimum Gasteiger partial charge on any atom is -0.399 e. The SMILES string of the molecule is CC(Cc1cccs1)N(C)CC(=O)Nc1cccc(N)c1. The molecular formula is C16H21N3OS. The maximum atomic E-state index is 12.1. The summed E-state index contributed by atoms with van der Waals surface area (Å²) in [4.78, 5) is 15.4. The van der Waals surface area contributed by atoms with Gasteiger partial charge in [-0.05, 0) is 50.0 Å². The highest BCUT2D eigenvalue weighted by molar-refractivity contribution is 7.09. The fourth-order valence-electron chi connectivity index (χ4n) is 2.08. The second-order valence-electron chi connectivity index (χ2n) is 5.22. The molecule has 1 aromatic heterocycles. The molecule has 0 fully saturated rings. The van der Waals surface area contributed by atoms with Gasteiger partial charge in [-0.25, -0.2) is 0 Å². The van der Waals surface area contributed by atoms with Crippen LogP contribution in [0, 0.1) is 0 Å². The highest BCUT2D eigenvalue weighted by atomic mass is 32.1. The van der Waals surface area contributed by atoms with E-state index in [9.17, 15) is 4.79 Å². The molecule has 1 unspecified atom stereocenters. The predicted molar refractivity (Wildman–Crippen MR) is 89.6 cm³/mol. The Morgan fingerprint density at radius 1 is 1.38 bits per heavy atom. The van der Waals surface area contributed by atoms with Crippen molar-refractivity contribution in [2.24, 2.45) is 0 Å². The lowest BCUT2D eigenvalue weighted by Gasteiger charge is -2.23. The molecule has 3 N–H and O–H groups in total. The third-order valence-electron chi connectivity index (χ3n) is 3.39. The van der Waals surface area contributed by atoms with Gasteiger partial charge in [0.05, 0.1) is 6.54 Å². The summed E-state index contributed by atoms with van der Waals surface area (Å²) in [5.41, 5.74) is 7.08. The summed E-state index contributed by atoms with van der Waals surface area (Å²) in [6.07, 6.45) is 0.958. The number of likely N-dealkylation sites (N-methyl/N-ethyl adjacent to an activating group) is 1. The van der Waals surface area contributed by atoms with Crippen molar-refractivity contribution in [1.82, 2.24) is 4.90 Å². The second kappa shape index (κ2) is 7.24. The summed E-state index contributed by atoms with van der Waals surface area (Å²) in [7, 11) is 1.97. The Morgan fingerprint density at radius 2 is 2.19 bits per heavy atom. The topological polar surface area (TPSA) is 58.4 Å². The maximum Gasteiger partial charge on any atom is 0.238 e. The Kier molecular flexibility index (Phi) is 5.36. The van der Waals surface area contributed by atoms with E-state index >= 15 is 0 Å². The molecule has 1 atom stereocenters. The van der Waals surface area contributed by atoms with E-state index in [1.807, 2.05) is 19.2 Å². The first-order chi connectivity index (χ1) is 10.0. The van der Waals surface area contributed by atoms with Crippen molar-refractivity contribution < 1.29 is 4.79 Å². The molecule has 2 rings (SSSR count). The van der Waals surface area contributed by atoms with Crippen LogP contribution in [-0.4, -0.2) is 30.4 Å².